The van der Waals surface area contributed by atoms with Crippen LogP contribution in [0.5, 0.6) is 0 Å². The predicted octanol–water partition coefficient (Wildman–Crippen LogP) is 5.24. The summed E-state index contributed by atoms with van der Waals surface area (Å²) in [7, 11) is 0. The highest BCUT2D eigenvalue weighted by atomic mass is 16.2. The monoisotopic (exact) mass is 501 g/mol. The van der Waals surface area contributed by atoms with Crippen molar-refractivity contribution in [3.8, 4) is 16.9 Å². The number of benzene rings is 4. The van der Waals surface area contributed by atoms with Gasteiger partial charge in [-0.1, -0.05) is 97.1 Å². The zero-order valence-electron chi connectivity index (χ0n) is 20.2. The number of carbonyl (C=O) groups excluding carboxylic acids is 3. The van der Waals surface area contributed by atoms with Crippen molar-refractivity contribution in [3.05, 3.63) is 138 Å². The summed E-state index contributed by atoms with van der Waals surface area (Å²) in [5.74, 6) is -1.11. The zero-order valence-corrected chi connectivity index (χ0v) is 20.2. The number of nitrogens with one attached hydrogen (secondary N) is 3. The molecule has 186 valence electrons. The van der Waals surface area contributed by atoms with Gasteiger partial charge in [-0.05, 0) is 24.3 Å². The number of amides is 3. The van der Waals surface area contributed by atoms with Gasteiger partial charge in [0.05, 0.1) is 16.9 Å². The van der Waals surface area contributed by atoms with Crippen molar-refractivity contribution >= 4 is 23.4 Å². The molecule has 4 aromatic carbocycles. The van der Waals surface area contributed by atoms with Crippen LogP contribution in [0.3, 0.4) is 0 Å². The Labute approximate surface area is 218 Å². The second-order valence-electron chi connectivity index (χ2n) is 8.28. The van der Waals surface area contributed by atoms with E-state index in [0.29, 0.717) is 28.2 Å². The fraction of sp³-hybridized carbons (Fsp3) is 0. The number of urea groups is 1. The van der Waals surface area contributed by atoms with Gasteiger partial charge in [-0.15, -0.1) is 0 Å². The summed E-state index contributed by atoms with van der Waals surface area (Å²) >= 11 is 0. The predicted molar refractivity (Wildman–Crippen MR) is 145 cm³/mol. The summed E-state index contributed by atoms with van der Waals surface area (Å²) in [5.41, 5.74) is 7.50. The van der Waals surface area contributed by atoms with Crippen LogP contribution in [0.25, 0.3) is 16.9 Å². The maximum absolute atomic E-state index is 13.9. The lowest BCUT2D eigenvalue weighted by Crippen LogP contribution is -2.44. The summed E-state index contributed by atoms with van der Waals surface area (Å²) in [6, 6.07) is 35.4. The van der Waals surface area contributed by atoms with Crippen LogP contribution in [0.15, 0.2) is 121 Å². The Balaban J connectivity index is 1.57. The van der Waals surface area contributed by atoms with Crippen LogP contribution < -0.4 is 16.2 Å². The minimum atomic E-state index is -0.737. The third-order valence-corrected chi connectivity index (χ3v) is 5.73. The number of hydrazine groups is 1. The summed E-state index contributed by atoms with van der Waals surface area (Å²) in [6.45, 7) is 0. The Morgan fingerprint density at radius 3 is 1.82 bits per heavy atom. The molecule has 0 unspecified atom stereocenters. The first kappa shape index (κ1) is 24.2. The first-order chi connectivity index (χ1) is 18.6. The van der Waals surface area contributed by atoms with Crippen molar-refractivity contribution in [2.75, 3.05) is 5.32 Å². The molecule has 5 aromatic rings. The van der Waals surface area contributed by atoms with E-state index in [1.165, 1.54) is 0 Å². The maximum Gasteiger partial charge on any atom is 0.337 e. The van der Waals surface area contributed by atoms with Crippen LogP contribution in [-0.2, 0) is 0 Å². The maximum atomic E-state index is 13.9. The van der Waals surface area contributed by atoms with Crippen LogP contribution >= 0.6 is 0 Å². The SMILES string of the molecule is O=C(NNC(=O)c1nn(-c2ccccc2)c(-c2ccccc2)c1C(=O)c1ccccc1)Nc1ccccc1. The third-order valence-electron chi connectivity index (χ3n) is 5.73. The normalized spacial score (nSPS) is 10.4. The number of ketones is 1. The molecule has 0 radical (unpaired) electrons. The zero-order chi connectivity index (χ0) is 26.3. The number of hydrogen-bond acceptors (Lipinski definition) is 4. The van der Waals surface area contributed by atoms with E-state index in [-0.39, 0.29) is 17.0 Å². The first-order valence-corrected chi connectivity index (χ1v) is 11.9. The summed E-state index contributed by atoms with van der Waals surface area (Å²) in [5, 5.41) is 7.20. The second-order valence-corrected chi connectivity index (χ2v) is 8.28. The molecule has 8 heteroatoms. The van der Waals surface area contributed by atoms with Gasteiger partial charge < -0.3 is 5.32 Å². The molecule has 1 heterocycles. The van der Waals surface area contributed by atoms with E-state index in [1.807, 2.05) is 72.8 Å². The molecule has 0 spiro atoms. The van der Waals surface area contributed by atoms with E-state index < -0.39 is 11.9 Å². The molecule has 0 saturated carbocycles. The molecule has 1 aromatic heterocycles. The number of rotatable bonds is 6. The van der Waals surface area contributed by atoms with E-state index in [9.17, 15) is 14.4 Å². The molecule has 0 saturated heterocycles. The number of carbonyl (C=O) groups is 3. The molecule has 0 bridgehead atoms. The minimum Gasteiger partial charge on any atom is -0.307 e. The smallest absolute Gasteiger partial charge is 0.307 e. The van der Waals surface area contributed by atoms with Gasteiger partial charge in [0.2, 0.25) is 0 Å². The molecule has 5 rings (SSSR count). The van der Waals surface area contributed by atoms with Crippen LogP contribution in [0.1, 0.15) is 26.4 Å². The lowest BCUT2D eigenvalue weighted by Gasteiger charge is -2.10. The van der Waals surface area contributed by atoms with Gasteiger partial charge in [-0.2, -0.15) is 5.10 Å². The highest BCUT2D eigenvalue weighted by Crippen LogP contribution is 2.31. The second kappa shape index (κ2) is 11.0. The van der Waals surface area contributed by atoms with Gasteiger partial charge in [0, 0.05) is 16.8 Å². The highest BCUT2D eigenvalue weighted by Gasteiger charge is 2.30. The largest absolute Gasteiger partial charge is 0.337 e. The number of nitrogens with zero attached hydrogens (tertiary/aromatic N) is 2. The Hall–Kier alpha value is -5.50. The molecular formula is C30H23N5O3. The molecule has 0 aliphatic rings. The lowest BCUT2D eigenvalue weighted by atomic mass is 9.97. The molecule has 0 fully saturated rings. The van der Waals surface area contributed by atoms with Gasteiger partial charge in [0.1, 0.15) is 0 Å². The Kier molecular flexibility index (Phi) is 7.04. The average molecular weight is 502 g/mol. The highest BCUT2D eigenvalue weighted by molar-refractivity contribution is 6.18. The van der Waals surface area contributed by atoms with Gasteiger partial charge in [-0.25, -0.2) is 14.9 Å². The van der Waals surface area contributed by atoms with Gasteiger partial charge >= 0.3 is 6.03 Å². The van der Waals surface area contributed by atoms with Crippen molar-refractivity contribution in [1.82, 2.24) is 20.6 Å². The van der Waals surface area contributed by atoms with Crippen LogP contribution in [0.4, 0.5) is 10.5 Å². The first-order valence-electron chi connectivity index (χ1n) is 11.9. The van der Waals surface area contributed by atoms with Gasteiger partial charge in [-0.3, -0.25) is 15.0 Å². The summed E-state index contributed by atoms with van der Waals surface area (Å²) in [4.78, 5) is 39.6. The van der Waals surface area contributed by atoms with E-state index >= 15 is 0 Å². The molecular weight excluding hydrogens is 478 g/mol. The fourth-order valence-electron chi connectivity index (χ4n) is 4.00. The van der Waals surface area contributed by atoms with E-state index in [2.05, 4.69) is 21.3 Å². The quantitative estimate of drug-likeness (QED) is 0.219. The van der Waals surface area contributed by atoms with E-state index in [1.54, 1.807) is 53.2 Å². The Morgan fingerprint density at radius 1 is 0.632 bits per heavy atom. The molecule has 3 N–H and O–H groups in total. The minimum absolute atomic E-state index is 0.119. The van der Waals surface area contributed by atoms with Crippen LogP contribution in [0.2, 0.25) is 0 Å². The summed E-state index contributed by atoms with van der Waals surface area (Å²) in [6.07, 6.45) is 0. The molecule has 0 aliphatic heterocycles. The molecule has 3 amide bonds. The average Bonchev–Trinajstić information content (AvgIpc) is 3.38. The molecule has 0 atom stereocenters. The fourth-order valence-corrected chi connectivity index (χ4v) is 4.00. The summed E-state index contributed by atoms with van der Waals surface area (Å²) < 4.78 is 1.57. The van der Waals surface area contributed by atoms with Gasteiger partial charge in [0.15, 0.2) is 11.5 Å². The van der Waals surface area contributed by atoms with Crippen molar-refractivity contribution in [3.63, 3.8) is 0 Å². The number of anilines is 1. The van der Waals surface area contributed by atoms with Crippen molar-refractivity contribution in [2.45, 2.75) is 0 Å². The molecule has 8 nitrogen and oxygen atoms in total. The van der Waals surface area contributed by atoms with Crippen molar-refractivity contribution in [1.29, 1.82) is 0 Å². The molecule has 0 aliphatic carbocycles. The van der Waals surface area contributed by atoms with E-state index in [0.717, 1.165) is 0 Å². The van der Waals surface area contributed by atoms with Crippen LogP contribution in [-0.4, -0.2) is 27.5 Å². The van der Waals surface area contributed by atoms with Crippen molar-refractivity contribution < 1.29 is 14.4 Å². The topological polar surface area (TPSA) is 105 Å². The lowest BCUT2D eigenvalue weighted by molar-refractivity contribution is 0.0923. The van der Waals surface area contributed by atoms with E-state index in [4.69, 9.17) is 0 Å². The standard InChI is InChI=1S/C30H23N5O3/c36-28(22-15-7-2-8-16-22)25-26(29(37)32-33-30(38)31-23-17-9-3-10-18-23)34-35(24-19-11-4-12-20-24)27(25)21-13-5-1-6-14-21/h1-20H,(H,32,37)(H2,31,33,38). The number of aromatic nitrogens is 2. The molecule has 38 heavy (non-hydrogen) atoms. The van der Waals surface area contributed by atoms with Crippen LogP contribution in [0, 0.1) is 0 Å². The van der Waals surface area contributed by atoms with Gasteiger partial charge in [0.25, 0.3) is 5.91 Å². The number of para-hydroxylation sites is 2. The third kappa shape index (κ3) is 5.19. The Morgan fingerprint density at radius 2 is 1.18 bits per heavy atom. The Bertz CT molecular complexity index is 1570. The number of hydrogen-bond donors (Lipinski definition) is 3. The van der Waals surface area contributed by atoms with Crippen molar-refractivity contribution in [2.24, 2.45) is 0 Å².